The van der Waals surface area contributed by atoms with Crippen LogP contribution in [0.1, 0.15) is 55.0 Å². The second-order valence-corrected chi connectivity index (χ2v) is 10.6. The summed E-state index contributed by atoms with van der Waals surface area (Å²) in [6, 6.07) is 21.3. The average molecular weight is 595 g/mol. The summed E-state index contributed by atoms with van der Waals surface area (Å²) in [5, 5.41) is 5.25. The van der Waals surface area contributed by atoms with Gasteiger partial charge in [-0.05, 0) is 60.9 Å². The highest BCUT2D eigenvalue weighted by Crippen LogP contribution is 2.32. The minimum Gasteiger partial charge on any atom is -0.488 e. The van der Waals surface area contributed by atoms with E-state index in [9.17, 15) is 4.79 Å². The molecule has 0 spiro atoms. The number of ether oxygens (including phenoxy) is 1. The molecule has 1 heterocycles. The summed E-state index contributed by atoms with van der Waals surface area (Å²) < 4.78 is 9.56. The summed E-state index contributed by atoms with van der Waals surface area (Å²) in [4.78, 5) is 18.4. The van der Waals surface area contributed by atoms with Crippen LogP contribution < -0.4 is 10.3 Å². The predicted octanol–water partition coefficient (Wildman–Crippen LogP) is 7.43. The molecule has 1 aromatic heterocycles. The van der Waals surface area contributed by atoms with Gasteiger partial charge in [-0.2, -0.15) is 9.78 Å². The number of hydrogen-bond donors (Lipinski definition) is 0. The summed E-state index contributed by atoms with van der Waals surface area (Å²) in [6.45, 7) is 0.431. The molecule has 1 fully saturated rings. The normalized spacial score (nSPS) is 14.6. The Balaban J connectivity index is 1.51. The molecule has 0 radical (unpaired) electrons. The fourth-order valence-corrected chi connectivity index (χ4v) is 5.13. The lowest BCUT2D eigenvalue weighted by atomic mass is 9.88. The lowest BCUT2D eigenvalue weighted by Gasteiger charge is -2.22. The largest absolute Gasteiger partial charge is 0.488 e. The van der Waals surface area contributed by atoms with Gasteiger partial charge >= 0.3 is 0 Å². The molecule has 35 heavy (non-hydrogen) atoms. The molecular formula is C28H25Br2N3O2. The van der Waals surface area contributed by atoms with E-state index in [1.54, 1.807) is 6.21 Å². The Bertz CT molecular complexity index is 1420. The van der Waals surface area contributed by atoms with Gasteiger partial charge in [0, 0.05) is 20.4 Å². The minimum absolute atomic E-state index is 0.139. The highest BCUT2D eigenvalue weighted by atomic mass is 79.9. The van der Waals surface area contributed by atoms with Crippen LogP contribution in [0.5, 0.6) is 5.75 Å². The van der Waals surface area contributed by atoms with Gasteiger partial charge in [0.15, 0.2) is 0 Å². The Morgan fingerprint density at radius 3 is 2.51 bits per heavy atom. The zero-order valence-corrected chi connectivity index (χ0v) is 22.3. The number of para-hydroxylation sites is 1. The molecule has 1 aliphatic carbocycles. The molecule has 3 aromatic carbocycles. The van der Waals surface area contributed by atoms with Crippen LogP contribution in [0, 0.1) is 0 Å². The van der Waals surface area contributed by atoms with E-state index in [0.717, 1.165) is 57.1 Å². The molecular weight excluding hydrogens is 570 g/mol. The standard InChI is InChI=1S/C28H25Br2N3O2/c29-22-12-10-19(11-13-22)18-35-26-15-14-23(30)16-21(26)17-31-33-27(20-6-2-1-3-7-20)32-25-9-5-4-8-24(25)28(33)34/h4-5,8-17,20H,1-3,6-7,18H2. The van der Waals surface area contributed by atoms with E-state index < -0.39 is 0 Å². The first-order valence-corrected chi connectivity index (χ1v) is 13.4. The van der Waals surface area contributed by atoms with Gasteiger partial charge in [-0.3, -0.25) is 4.79 Å². The molecule has 0 unspecified atom stereocenters. The topological polar surface area (TPSA) is 56.5 Å². The van der Waals surface area contributed by atoms with Crippen LogP contribution in [0.15, 0.2) is 85.6 Å². The number of nitrogens with zero attached hydrogens (tertiary/aromatic N) is 3. The Kier molecular flexibility index (Phi) is 7.44. The number of halogens is 2. The molecule has 178 valence electrons. The zero-order chi connectivity index (χ0) is 24.2. The van der Waals surface area contributed by atoms with Gasteiger partial charge in [-0.15, -0.1) is 0 Å². The van der Waals surface area contributed by atoms with Crippen LogP contribution >= 0.6 is 31.9 Å². The van der Waals surface area contributed by atoms with Crippen LogP contribution in [0.25, 0.3) is 10.9 Å². The highest BCUT2D eigenvalue weighted by Gasteiger charge is 2.22. The molecule has 4 aromatic rings. The van der Waals surface area contributed by atoms with Crippen molar-refractivity contribution >= 4 is 49.0 Å². The lowest BCUT2D eigenvalue weighted by Crippen LogP contribution is -2.25. The molecule has 0 N–H and O–H groups in total. The molecule has 0 bridgehead atoms. The smallest absolute Gasteiger partial charge is 0.282 e. The van der Waals surface area contributed by atoms with Crippen molar-refractivity contribution in [2.24, 2.45) is 5.10 Å². The summed E-state index contributed by atoms with van der Waals surface area (Å²) in [5.74, 6) is 1.67. The second kappa shape index (κ2) is 10.9. The van der Waals surface area contributed by atoms with Gasteiger partial charge in [0.05, 0.1) is 17.1 Å². The maximum Gasteiger partial charge on any atom is 0.282 e. The molecule has 0 atom stereocenters. The van der Waals surface area contributed by atoms with E-state index >= 15 is 0 Å². The third-order valence-corrected chi connectivity index (χ3v) is 7.36. The van der Waals surface area contributed by atoms with Crippen molar-refractivity contribution in [2.75, 3.05) is 0 Å². The zero-order valence-electron chi connectivity index (χ0n) is 19.2. The van der Waals surface area contributed by atoms with Gasteiger partial charge in [0.25, 0.3) is 5.56 Å². The average Bonchev–Trinajstić information content (AvgIpc) is 2.89. The first kappa shape index (κ1) is 23.9. The first-order valence-electron chi connectivity index (χ1n) is 11.8. The Hall–Kier alpha value is -2.77. The lowest BCUT2D eigenvalue weighted by molar-refractivity contribution is 0.305. The van der Waals surface area contributed by atoms with Gasteiger partial charge in [-0.25, -0.2) is 4.98 Å². The molecule has 1 saturated carbocycles. The van der Waals surface area contributed by atoms with Crippen molar-refractivity contribution in [3.05, 3.63) is 103 Å². The third kappa shape index (κ3) is 5.57. The molecule has 5 nitrogen and oxygen atoms in total. The monoisotopic (exact) mass is 593 g/mol. The molecule has 0 saturated heterocycles. The van der Waals surface area contributed by atoms with Crippen LogP contribution in [-0.2, 0) is 6.61 Å². The highest BCUT2D eigenvalue weighted by molar-refractivity contribution is 9.10. The van der Waals surface area contributed by atoms with Crippen molar-refractivity contribution < 1.29 is 4.74 Å². The Labute approximate surface area is 221 Å². The summed E-state index contributed by atoms with van der Waals surface area (Å²) >= 11 is 7.01. The third-order valence-electron chi connectivity index (χ3n) is 6.34. The number of hydrogen-bond acceptors (Lipinski definition) is 4. The van der Waals surface area contributed by atoms with E-state index in [0.29, 0.717) is 17.7 Å². The van der Waals surface area contributed by atoms with E-state index in [4.69, 9.17) is 9.72 Å². The number of fused-ring (bicyclic) bond motifs is 1. The van der Waals surface area contributed by atoms with Gasteiger partial charge in [0.1, 0.15) is 18.2 Å². The van der Waals surface area contributed by atoms with E-state index in [1.165, 1.54) is 11.1 Å². The molecule has 1 aliphatic rings. The number of aromatic nitrogens is 2. The molecule has 0 amide bonds. The molecule has 0 aliphatic heterocycles. The molecule has 5 rings (SSSR count). The predicted molar refractivity (Wildman–Crippen MR) is 147 cm³/mol. The Morgan fingerprint density at radius 2 is 1.71 bits per heavy atom. The fourth-order valence-electron chi connectivity index (χ4n) is 4.49. The van der Waals surface area contributed by atoms with Crippen LogP contribution in [0.3, 0.4) is 0 Å². The van der Waals surface area contributed by atoms with Crippen LogP contribution in [-0.4, -0.2) is 15.9 Å². The number of rotatable bonds is 6. The van der Waals surface area contributed by atoms with Gasteiger partial charge in [-0.1, -0.05) is 75.4 Å². The summed E-state index contributed by atoms with van der Waals surface area (Å²) in [6.07, 6.45) is 7.28. The molecule has 7 heteroatoms. The van der Waals surface area contributed by atoms with Crippen molar-refractivity contribution in [3.63, 3.8) is 0 Å². The maximum atomic E-state index is 13.5. The minimum atomic E-state index is -0.139. The maximum absolute atomic E-state index is 13.5. The van der Waals surface area contributed by atoms with Crippen molar-refractivity contribution in [3.8, 4) is 5.75 Å². The van der Waals surface area contributed by atoms with Crippen LogP contribution in [0.4, 0.5) is 0 Å². The van der Waals surface area contributed by atoms with E-state index in [1.807, 2.05) is 66.7 Å². The fraction of sp³-hybridized carbons (Fsp3) is 0.250. The summed E-state index contributed by atoms with van der Waals surface area (Å²) in [5.41, 5.74) is 2.44. The van der Waals surface area contributed by atoms with Crippen molar-refractivity contribution in [1.29, 1.82) is 0 Å². The van der Waals surface area contributed by atoms with Gasteiger partial charge < -0.3 is 4.74 Å². The summed E-state index contributed by atoms with van der Waals surface area (Å²) in [7, 11) is 0. The van der Waals surface area contributed by atoms with E-state index in [-0.39, 0.29) is 11.5 Å². The number of benzene rings is 3. The second-order valence-electron chi connectivity index (χ2n) is 8.78. The van der Waals surface area contributed by atoms with E-state index in [2.05, 4.69) is 37.0 Å². The Morgan fingerprint density at radius 1 is 0.971 bits per heavy atom. The van der Waals surface area contributed by atoms with Crippen molar-refractivity contribution in [1.82, 2.24) is 9.66 Å². The van der Waals surface area contributed by atoms with Gasteiger partial charge in [0.2, 0.25) is 0 Å². The first-order chi connectivity index (χ1) is 17.1. The van der Waals surface area contributed by atoms with Crippen molar-refractivity contribution in [2.45, 2.75) is 44.6 Å². The van der Waals surface area contributed by atoms with Crippen LogP contribution in [0.2, 0.25) is 0 Å². The SMILES string of the molecule is O=c1c2ccccc2nc(C2CCCCC2)n1N=Cc1cc(Br)ccc1OCc1ccc(Br)cc1. The quantitative estimate of drug-likeness (QED) is 0.218.